The average Bonchev–Trinajstić information content (AvgIpc) is 2.59. The molecule has 1 aromatic heterocycles. The second-order valence-electron chi connectivity index (χ2n) is 5.26. The lowest BCUT2D eigenvalue weighted by Gasteiger charge is -2.22. The molecule has 1 heterocycles. The summed E-state index contributed by atoms with van der Waals surface area (Å²) < 4.78 is 10.3. The van der Waals surface area contributed by atoms with E-state index >= 15 is 0 Å². The van der Waals surface area contributed by atoms with E-state index in [2.05, 4.69) is 5.32 Å². The molecular formula is C13H19NO5. The Kier molecular flexibility index (Phi) is 4.58. The molecule has 0 fully saturated rings. The minimum absolute atomic E-state index is 0.270. The van der Waals surface area contributed by atoms with E-state index in [9.17, 15) is 9.59 Å². The Labute approximate surface area is 111 Å². The average molecular weight is 269 g/mol. The van der Waals surface area contributed by atoms with Crippen LogP contribution in [0.2, 0.25) is 0 Å². The van der Waals surface area contributed by atoms with Gasteiger partial charge in [-0.15, -0.1) is 0 Å². The number of carboxylic acids is 1. The molecule has 6 heteroatoms. The summed E-state index contributed by atoms with van der Waals surface area (Å²) in [5.74, 6) is -0.606. The molecule has 0 saturated heterocycles. The Balaban J connectivity index is 2.79. The van der Waals surface area contributed by atoms with Crippen molar-refractivity contribution in [3.8, 4) is 0 Å². The van der Waals surface area contributed by atoms with Crippen molar-refractivity contribution in [3.63, 3.8) is 0 Å². The number of hydrogen-bond acceptors (Lipinski definition) is 4. The summed E-state index contributed by atoms with van der Waals surface area (Å²) in [6, 6.07) is 0.961. The molecule has 6 nitrogen and oxygen atoms in total. The fourth-order valence-electron chi connectivity index (χ4n) is 1.58. The molecule has 1 aromatic rings. The van der Waals surface area contributed by atoms with Gasteiger partial charge in [0.15, 0.2) is 0 Å². The van der Waals surface area contributed by atoms with Gasteiger partial charge in [-0.2, -0.15) is 0 Å². The van der Waals surface area contributed by atoms with E-state index in [1.807, 2.05) is 0 Å². The number of carbonyl (C=O) groups excluding carboxylic acids is 1. The quantitative estimate of drug-likeness (QED) is 0.877. The summed E-state index contributed by atoms with van der Waals surface area (Å²) in [5.41, 5.74) is 0.137. The monoisotopic (exact) mass is 269 g/mol. The predicted octanol–water partition coefficient (Wildman–Crippen LogP) is 2.63. The van der Waals surface area contributed by atoms with Crippen LogP contribution in [0.5, 0.6) is 0 Å². The van der Waals surface area contributed by atoms with Gasteiger partial charge in [0.1, 0.15) is 17.4 Å². The molecule has 19 heavy (non-hydrogen) atoms. The van der Waals surface area contributed by atoms with Gasteiger partial charge < -0.3 is 19.6 Å². The number of nitrogens with one attached hydrogen (secondary N) is 1. The van der Waals surface area contributed by atoms with Gasteiger partial charge in [0, 0.05) is 0 Å². The predicted molar refractivity (Wildman–Crippen MR) is 67.8 cm³/mol. The number of carboxylic acid groups (broad SMARTS) is 1. The lowest BCUT2D eigenvalue weighted by atomic mass is 10.1. The summed E-state index contributed by atoms with van der Waals surface area (Å²) in [6.07, 6.45) is 0.513. The maximum absolute atomic E-state index is 11.7. The first-order valence-corrected chi connectivity index (χ1v) is 5.94. The SMILES string of the molecule is Cc1ccoc1[C@@H](CC(=O)O)NC(=O)OC(C)(C)C. The highest BCUT2D eigenvalue weighted by molar-refractivity contribution is 5.72. The highest BCUT2D eigenvalue weighted by atomic mass is 16.6. The number of hydrogen-bond donors (Lipinski definition) is 2. The van der Waals surface area contributed by atoms with Crippen molar-refractivity contribution < 1.29 is 23.8 Å². The van der Waals surface area contributed by atoms with Gasteiger partial charge in [-0.05, 0) is 39.3 Å². The highest BCUT2D eigenvalue weighted by Crippen LogP contribution is 2.22. The Morgan fingerprint density at radius 2 is 2.11 bits per heavy atom. The first-order valence-electron chi connectivity index (χ1n) is 5.94. The number of alkyl carbamates (subject to hydrolysis) is 1. The normalized spacial score (nSPS) is 12.8. The van der Waals surface area contributed by atoms with Crippen LogP contribution in [0.15, 0.2) is 16.7 Å². The first-order chi connectivity index (χ1) is 8.69. The number of carbonyl (C=O) groups is 2. The molecule has 0 aliphatic rings. The van der Waals surface area contributed by atoms with Gasteiger partial charge in [0.25, 0.3) is 0 Å². The molecule has 0 aliphatic heterocycles. The summed E-state index contributed by atoms with van der Waals surface area (Å²) in [7, 11) is 0. The van der Waals surface area contributed by atoms with Gasteiger partial charge in [-0.25, -0.2) is 4.79 Å². The second kappa shape index (κ2) is 5.77. The van der Waals surface area contributed by atoms with E-state index in [1.54, 1.807) is 33.8 Å². The van der Waals surface area contributed by atoms with E-state index in [1.165, 1.54) is 6.26 Å². The minimum Gasteiger partial charge on any atom is -0.481 e. The number of aliphatic carboxylic acids is 1. The van der Waals surface area contributed by atoms with E-state index in [0.29, 0.717) is 5.76 Å². The molecule has 0 unspecified atom stereocenters. The van der Waals surface area contributed by atoms with Gasteiger partial charge in [-0.1, -0.05) is 0 Å². The van der Waals surface area contributed by atoms with Crippen LogP contribution in [-0.2, 0) is 9.53 Å². The van der Waals surface area contributed by atoms with Crippen molar-refractivity contribution in [3.05, 3.63) is 23.7 Å². The Bertz CT molecular complexity index is 458. The molecule has 0 aliphatic carbocycles. The molecule has 0 spiro atoms. The van der Waals surface area contributed by atoms with Crippen LogP contribution in [0.25, 0.3) is 0 Å². The lowest BCUT2D eigenvalue weighted by molar-refractivity contribution is -0.137. The van der Waals surface area contributed by atoms with Crippen LogP contribution < -0.4 is 5.32 Å². The third kappa shape index (κ3) is 5.03. The smallest absolute Gasteiger partial charge is 0.408 e. The fourth-order valence-corrected chi connectivity index (χ4v) is 1.58. The molecule has 2 N–H and O–H groups in total. The Hall–Kier alpha value is -1.98. The summed E-state index contributed by atoms with van der Waals surface area (Å²) in [5, 5.41) is 11.4. The molecular weight excluding hydrogens is 250 g/mol. The largest absolute Gasteiger partial charge is 0.481 e. The third-order valence-corrected chi connectivity index (χ3v) is 2.29. The zero-order valence-corrected chi connectivity index (χ0v) is 11.5. The van der Waals surface area contributed by atoms with Crippen molar-refractivity contribution >= 4 is 12.1 Å². The molecule has 0 aromatic carbocycles. The maximum Gasteiger partial charge on any atom is 0.408 e. The molecule has 1 rings (SSSR count). The lowest BCUT2D eigenvalue weighted by Crippen LogP contribution is -2.35. The van der Waals surface area contributed by atoms with Gasteiger partial charge in [0.05, 0.1) is 12.7 Å². The standard InChI is InChI=1S/C13H19NO5/c1-8-5-6-18-11(8)9(7-10(15)16)14-12(17)19-13(2,3)4/h5-6,9H,7H2,1-4H3,(H,14,17)(H,15,16)/t9-/m1/s1. The van der Waals surface area contributed by atoms with Crippen LogP contribution in [0.3, 0.4) is 0 Å². The summed E-state index contributed by atoms with van der Waals surface area (Å²) in [6.45, 7) is 6.98. The fraction of sp³-hybridized carbons (Fsp3) is 0.538. The zero-order valence-electron chi connectivity index (χ0n) is 11.5. The molecule has 0 bridgehead atoms. The minimum atomic E-state index is -1.03. The molecule has 106 valence electrons. The topological polar surface area (TPSA) is 88.8 Å². The summed E-state index contributed by atoms with van der Waals surface area (Å²) >= 11 is 0. The number of ether oxygens (including phenoxy) is 1. The van der Waals surface area contributed by atoms with E-state index in [-0.39, 0.29) is 6.42 Å². The number of rotatable bonds is 4. The maximum atomic E-state index is 11.7. The van der Waals surface area contributed by atoms with Crippen molar-refractivity contribution in [2.45, 2.75) is 45.8 Å². The van der Waals surface area contributed by atoms with Gasteiger partial charge >= 0.3 is 12.1 Å². The number of amides is 1. The number of aryl methyl sites for hydroxylation is 1. The molecule has 1 amide bonds. The van der Waals surface area contributed by atoms with Gasteiger partial charge in [0.2, 0.25) is 0 Å². The Morgan fingerprint density at radius 1 is 1.47 bits per heavy atom. The van der Waals surface area contributed by atoms with Crippen LogP contribution >= 0.6 is 0 Å². The van der Waals surface area contributed by atoms with Crippen LogP contribution in [0.1, 0.15) is 44.6 Å². The Morgan fingerprint density at radius 3 is 2.53 bits per heavy atom. The van der Waals surface area contributed by atoms with Crippen molar-refractivity contribution in [2.75, 3.05) is 0 Å². The van der Waals surface area contributed by atoms with Gasteiger partial charge in [-0.3, -0.25) is 4.79 Å². The van der Waals surface area contributed by atoms with Crippen LogP contribution in [0, 0.1) is 6.92 Å². The van der Waals surface area contributed by atoms with Crippen molar-refractivity contribution in [1.82, 2.24) is 5.32 Å². The van der Waals surface area contributed by atoms with E-state index < -0.39 is 23.7 Å². The molecule has 1 atom stereocenters. The van der Waals surface area contributed by atoms with E-state index in [0.717, 1.165) is 5.56 Å². The van der Waals surface area contributed by atoms with E-state index in [4.69, 9.17) is 14.3 Å². The highest BCUT2D eigenvalue weighted by Gasteiger charge is 2.25. The van der Waals surface area contributed by atoms with Crippen LogP contribution in [-0.4, -0.2) is 22.8 Å². The first kappa shape index (κ1) is 15.1. The van der Waals surface area contributed by atoms with Crippen LogP contribution in [0.4, 0.5) is 4.79 Å². The van der Waals surface area contributed by atoms with Crippen molar-refractivity contribution in [2.24, 2.45) is 0 Å². The van der Waals surface area contributed by atoms with Crippen molar-refractivity contribution in [1.29, 1.82) is 0 Å². The molecule has 0 radical (unpaired) electrons. The summed E-state index contributed by atoms with van der Waals surface area (Å²) in [4.78, 5) is 22.5. The molecule has 0 saturated carbocycles. The number of furan rings is 1. The zero-order chi connectivity index (χ0) is 14.6. The second-order valence-corrected chi connectivity index (χ2v) is 5.26. The third-order valence-electron chi connectivity index (χ3n) is 2.29.